The molecular formula is C15H13F2N3. The molecule has 0 fully saturated rings. The molecule has 3 aromatic rings. The Labute approximate surface area is 114 Å². The van der Waals surface area contributed by atoms with Gasteiger partial charge in [-0.3, -0.25) is 0 Å². The predicted molar refractivity (Wildman–Crippen MR) is 72.5 cm³/mol. The van der Waals surface area contributed by atoms with Crippen LogP contribution in [0.3, 0.4) is 0 Å². The van der Waals surface area contributed by atoms with E-state index < -0.39 is 11.6 Å². The van der Waals surface area contributed by atoms with Crippen LogP contribution in [0.5, 0.6) is 0 Å². The Morgan fingerprint density at radius 1 is 1.15 bits per heavy atom. The molecule has 0 aliphatic heterocycles. The Kier molecular flexibility index (Phi) is 3.20. The Morgan fingerprint density at radius 2 is 1.90 bits per heavy atom. The number of hydrogen-bond acceptors (Lipinski definition) is 2. The molecule has 3 rings (SSSR count). The Bertz CT molecular complexity index is 731. The standard InChI is InChI=1S/C15H13F2N3/c1-18-15(10-6-11(16)8-12(17)7-10)13-9-19-20-5-3-2-4-14(13)20/h2-9,15,18H,1H3. The molecule has 0 spiro atoms. The second kappa shape index (κ2) is 5.02. The third-order valence-corrected chi connectivity index (χ3v) is 3.27. The van der Waals surface area contributed by atoms with Crippen LogP contribution in [0.15, 0.2) is 48.8 Å². The average molecular weight is 273 g/mol. The maximum Gasteiger partial charge on any atom is 0.126 e. The molecule has 0 aliphatic carbocycles. The molecule has 1 N–H and O–H groups in total. The molecular weight excluding hydrogens is 260 g/mol. The fourth-order valence-electron chi connectivity index (χ4n) is 2.42. The summed E-state index contributed by atoms with van der Waals surface area (Å²) in [6.45, 7) is 0. The summed E-state index contributed by atoms with van der Waals surface area (Å²) < 4.78 is 28.5. The molecule has 0 bridgehead atoms. The molecule has 102 valence electrons. The molecule has 0 saturated carbocycles. The molecule has 0 aliphatic rings. The van der Waals surface area contributed by atoms with Gasteiger partial charge in [-0.1, -0.05) is 6.07 Å². The van der Waals surface area contributed by atoms with Crippen molar-refractivity contribution >= 4 is 5.52 Å². The molecule has 3 nitrogen and oxygen atoms in total. The van der Waals surface area contributed by atoms with Gasteiger partial charge in [-0.05, 0) is 36.9 Å². The summed E-state index contributed by atoms with van der Waals surface area (Å²) in [5.41, 5.74) is 2.30. The molecule has 5 heteroatoms. The highest BCUT2D eigenvalue weighted by molar-refractivity contribution is 5.57. The average Bonchev–Trinajstić information content (AvgIpc) is 2.83. The molecule has 2 heterocycles. The maximum atomic E-state index is 13.4. The van der Waals surface area contributed by atoms with Crippen molar-refractivity contribution in [3.8, 4) is 0 Å². The van der Waals surface area contributed by atoms with Gasteiger partial charge in [0, 0.05) is 17.8 Å². The van der Waals surface area contributed by atoms with Crippen molar-refractivity contribution in [1.82, 2.24) is 14.9 Å². The Balaban J connectivity index is 2.14. The highest BCUT2D eigenvalue weighted by Gasteiger charge is 2.18. The van der Waals surface area contributed by atoms with E-state index >= 15 is 0 Å². The zero-order valence-electron chi connectivity index (χ0n) is 10.8. The van der Waals surface area contributed by atoms with Crippen molar-refractivity contribution in [2.75, 3.05) is 7.05 Å². The third kappa shape index (κ3) is 2.16. The van der Waals surface area contributed by atoms with Gasteiger partial charge in [0.15, 0.2) is 0 Å². The quantitative estimate of drug-likeness (QED) is 0.795. The minimum atomic E-state index is -0.586. The predicted octanol–water partition coefficient (Wildman–Crippen LogP) is 2.92. The first kappa shape index (κ1) is 12.7. The summed E-state index contributed by atoms with van der Waals surface area (Å²) in [7, 11) is 1.75. The highest BCUT2D eigenvalue weighted by Crippen LogP contribution is 2.26. The van der Waals surface area contributed by atoms with Crippen LogP contribution in [0.4, 0.5) is 8.78 Å². The summed E-state index contributed by atoms with van der Waals surface area (Å²) in [5.74, 6) is -1.17. The van der Waals surface area contributed by atoms with Gasteiger partial charge in [-0.25, -0.2) is 13.3 Å². The van der Waals surface area contributed by atoms with E-state index in [4.69, 9.17) is 0 Å². The topological polar surface area (TPSA) is 29.3 Å². The van der Waals surface area contributed by atoms with Crippen LogP contribution in [0.2, 0.25) is 0 Å². The first-order valence-electron chi connectivity index (χ1n) is 6.24. The Morgan fingerprint density at radius 3 is 2.60 bits per heavy atom. The van der Waals surface area contributed by atoms with E-state index in [1.54, 1.807) is 17.8 Å². The van der Waals surface area contributed by atoms with Crippen LogP contribution < -0.4 is 5.32 Å². The number of aromatic nitrogens is 2. The van der Waals surface area contributed by atoms with Crippen LogP contribution >= 0.6 is 0 Å². The number of rotatable bonds is 3. The van der Waals surface area contributed by atoms with Crippen LogP contribution in [-0.4, -0.2) is 16.7 Å². The summed E-state index contributed by atoms with van der Waals surface area (Å²) in [4.78, 5) is 0. The van der Waals surface area contributed by atoms with Gasteiger partial charge in [-0.2, -0.15) is 5.10 Å². The van der Waals surface area contributed by atoms with Crippen LogP contribution in [-0.2, 0) is 0 Å². The fraction of sp³-hybridized carbons (Fsp3) is 0.133. The second-order valence-electron chi connectivity index (χ2n) is 4.55. The van der Waals surface area contributed by atoms with Gasteiger partial charge in [0.25, 0.3) is 0 Å². The van der Waals surface area contributed by atoms with Crippen molar-refractivity contribution in [3.05, 3.63) is 71.6 Å². The number of nitrogens with zero attached hydrogens (tertiary/aromatic N) is 2. The summed E-state index contributed by atoms with van der Waals surface area (Å²) >= 11 is 0. The molecule has 1 unspecified atom stereocenters. The molecule has 0 saturated heterocycles. The molecule has 20 heavy (non-hydrogen) atoms. The van der Waals surface area contributed by atoms with Crippen molar-refractivity contribution in [2.45, 2.75) is 6.04 Å². The second-order valence-corrected chi connectivity index (χ2v) is 4.55. The van der Waals surface area contributed by atoms with E-state index in [0.29, 0.717) is 5.56 Å². The number of benzene rings is 1. The maximum absolute atomic E-state index is 13.4. The normalized spacial score (nSPS) is 12.8. The van der Waals surface area contributed by atoms with E-state index in [2.05, 4.69) is 10.4 Å². The number of pyridine rings is 1. The third-order valence-electron chi connectivity index (χ3n) is 3.27. The zero-order valence-corrected chi connectivity index (χ0v) is 10.8. The SMILES string of the molecule is CNC(c1cc(F)cc(F)c1)c1cnn2ccccc12. The summed E-state index contributed by atoms with van der Waals surface area (Å²) in [5, 5.41) is 7.33. The van der Waals surface area contributed by atoms with Crippen molar-refractivity contribution in [1.29, 1.82) is 0 Å². The van der Waals surface area contributed by atoms with Crippen molar-refractivity contribution < 1.29 is 8.78 Å². The van der Waals surface area contributed by atoms with Crippen molar-refractivity contribution in [2.24, 2.45) is 0 Å². The van der Waals surface area contributed by atoms with E-state index in [9.17, 15) is 8.78 Å². The van der Waals surface area contributed by atoms with E-state index in [-0.39, 0.29) is 6.04 Å². The largest absolute Gasteiger partial charge is 0.309 e. The van der Waals surface area contributed by atoms with Crippen LogP contribution in [0.25, 0.3) is 5.52 Å². The summed E-state index contributed by atoms with van der Waals surface area (Å²) in [6, 6.07) is 8.90. The van der Waals surface area contributed by atoms with Gasteiger partial charge in [0.05, 0.1) is 17.8 Å². The van der Waals surface area contributed by atoms with E-state index in [1.807, 2.05) is 24.4 Å². The first-order valence-corrected chi connectivity index (χ1v) is 6.24. The molecule has 2 aromatic heterocycles. The van der Waals surface area contributed by atoms with Crippen molar-refractivity contribution in [3.63, 3.8) is 0 Å². The number of halogens is 2. The van der Waals surface area contributed by atoms with Gasteiger partial charge >= 0.3 is 0 Å². The summed E-state index contributed by atoms with van der Waals surface area (Å²) in [6.07, 6.45) is 3.54. The van der Waals surface area contributed by atoms with Gasteiger partial charge in [-0.15, -0.1) is 0 Å². The molecule has 1 aromatic carbocycles. The van der Waals surface area contributed by atoms with Crippen LogP contribution in [0, 0.1) is 11.6 Å². The van der Waals surface area contributed by atoms with E-state index in [0.717, 1.165) is 17.1 Å². The number of fused-ring (bicyclic) bond motifs is 1. The number of nitrogens with one attached hydrogen (secondary N) is 1. The molecule has 0 radical (unpaired) electrons. The molecule has 1 atom stereocenters. The monoisotopic (exact) mass is 273 g/mol. The smallest absolute Gasteiger partial charge is 0.126 e. The minimum Gasteiger partial charge on any atom is -0.309 e. The van der Waals surface area contributed by atoms with Gasteiger partial charge in [0.1, 0.15) is 11.6 Å². The number of hydrogen-bond donors (Lipinski definition) is 1. The van der Waals surface area contributed by atoms with Crippen LogP contribution in [0.1, 0.15) is 17.2 Å². The Hall–Kier alpha value is -2.27. The highest BCUT2D eigenvalue weighted by atomic mass is 19.1. The lowest BCUT2D eigenvalue weighted by molar-refractivity contribution is 0.572. The lowest BCUT2D eigenvalue weighted by atomic mass is 10.00. The first-order chi connectivity index (χ1) is 9.69. The fourth-order valence-corrected chi connectivity index (χ4v) is 2.42. The molecule has 0 amide bonds. The lowest BCUT2D eigenvalue weighted by Crippen LogP contribution is -2.18. The zero-order chi connectivity index (χ0) is 14.1. The minimum absolute atomic E-state index is 0.319. The lowest BCUT2D eigenvalue weighted by Gasteiger charge is -2.16. The van der Waals surface area contributed by atoms with Gasteiger partial charge < -0.3 is 5.32 Å². The van der Waals surface area contributed by atoms with Gasteiger partial charge in [0.2, 0.25) is 0 Å². The van der Waals surface area contributed by atoms with E-state index in [1.165, 1.54) is 12.1 Å².